The van der Waals surface area contributed by atoms with Gasteiger partial charge in [0.2, 0.25) is 6.41 Å². The Balaban J connectivity index is 2.21. The number of halogens is 2. The summed E-state index contributed by atoms with van der Waals surface area (Å²) in [5.74, 6) is -0.713. The second kappa shape index (κ2) is 7.35. The van der Waals surface area contributed by atoms with Crippen molar-refractivity contribution in [3.05, 3.63) is 52.7 Å². The molecule has 1 unspecified atom stereocenters. The zero-order valence-electron chi connectivity index (χ0n) is 15.7. The molecule has 1 aliphatic rings. The SMILES string of the molecule is Cc1c(C(CNC=O)C2CC2)nc(-c2ccc(F)cc2)c(F)c1C(C)(C)O. The molecule has 1 amide bonds. The Labute approximate surface area is 157 Å². The van der Waals surface area contributed by atoms with Crippen molar-refractivity contribution in [2.24, 2.45) is 5.92 Å². The van der Waals surface area contributed by atoms with Crippen molar-refractivity contribution in [2.45, 2.75) is 45.1 Å². The number of amides is 1. The van der Waals surface area contributed by atoms with E-state index in [2.05, 4.69) is 10.3 Å². The van der Waals surface area contributed by atoms with E-state index in [1.54, 1.807) is 6.92 Å². The first kappa shape index (κ1) is 19.4. The first-order valence-electron chi connectivity index (χ1n) is 9.09. The quantitative estimate of drug-likeness (QED) is 0.725. The van der Waals surface area contributed by atoms with Gasteiger partial charge in [-0.2, -0.15) is 0 Å². The number of nitrogens with zero attached hydrogens (tertiary/aromatic N) is 1. The Bertz CT molecular complexity index is 841. The number of hydrogen-bond donors (Lipinski definition) is 2. The average Bonchev–Trinajstić information content (AvgIpc) is 3.42. The van der Waals surface area contributed by atoms with Crippen molar-refractivity contribution in [3.8, 4) is 11.3 Å². The smallest absolute Gasteiger partial charge is 0.207 e. The largest absolute Gasteiger partial charge is 0.386 e. The normalized spacial score (nSPS) is 15.5. The molecule has 1 aliphatic carbocycles. The van der Waals surface area contributed by atoms with Crippen molar-refractivity contribution in [1.82, 2.24) is 10.3 Å². The molecule has 2 aromatic rings. The van der Waals surface area contributed by atoms with Crippen molar-refractivity contribution in [2.75, 3.05) is 6.54 Å². The molecule has 1 atom stereocenters. The topological polar surface area (TPSA) is 62.2 Å². The zero-order valence-corrected chi connectivity index (χ0v) is 15.7. The van der Waals surface area contributed by atoms with Gasteiger partial charge in [-0.1, -0.05) is 0 Å². The number of pyridine rings is 1. The highest BCUT2D eigenvalue weighted by Crippen LogP contribution is 2.45. The monoisotopic (exact) mass is 374 g/mol. The summed E-state index contributed by atoms with van der Waals surface area (Å²) in [7, 11) is 0. The highest BCUT2D eigenvalue weighted by molar-refractivity contribution is 5.63. The fourth-order valence-corrected chi connectivity index (χ4v) is 3.71. The Morgan fingerprint density at radius 2 is 1.93 bits per heavy atom. The van der Waals surface area contributed by atoms with E-state index in [1.807, 2.05) is 0 Å². The molecule has 1 aromatic carbocycles. The van der Waals surface area contributed by atoms with E-state index in [0.717, 1.165) is 12.8 Å². The van der Waals surface area contributed by atoms with E-state index in [1.165, 1.54) is 38.1 Å². The van der Waals surface area contributed by atoms with Gasteiger partial charge >= 0.3 is 0 Å². The van der Waals surface area contributed by atoms with Gasteiger partial charge in [-0.15, -0.1) is 0 Å². The maximum atomic E-state index is 15.3. The Morgan fingerprint density at radius 3 is 2.44 bits per heavy atom. The van der Waals surface area contributed by atoms with Crippen molar-refractivity contribution < 1.29 is 18.7 Å². The van der Waals surface area contributed by atoms with Gasteiger partial charge in [0.15, 0.2) is 5.82 Å². The van der Waals surface area contributed by atoms with Crippen molar-refractivity contribution in [3.63, 3.8) is 0 Å². The molecule has 3 rings (SSSR count). The van der Waals surface area contributed by atoms with Crippen LogP contribution in [0.4, 0.5) is 8.78 Å². The van der Waals surface area contributed by atoms with Crippen LogP contribution in [0.15, 0.2) is 24.3 Å². The third-order valence-electron chi connectivity index (χ3n) is 5.11. The molecule has 1 aromatic heterocycles. The number of aromatic nitrogens is 1. The lowest BCUT2D eigenvalue weighted by Gasteiger charge is -2.27. The molecule has 4 nitrogen and oxygen atoms in total. The predicted octanol–water partition coefficient (Wildman–Crippen LogP) is 3.80. The lowest BCUT2D eigenvalue weighted by molar-refractivity contribution is -0.109. The van der Waals surface area contributed by atoms with Gasteiger partial charge in [0.1, 0.15) is 11.5 Å². The summed E-state index contributed by atoms with van der Waals surface area (Å²) in [6, 6.07) is 5.46. The minimum Gasteiger partial charge on any atom is -0.386 e. The Hall–Kier alpha value is -2.34. The van der Waals surface area contributed by atoms with Gasteiger partial charge in [0, 0.05) is 29.3 Å². The maximum absolute atomic E-state index is 15.3. The van der Waals surface area contributed by atoms with Crippen molar-refractivity contribution >= 4 is 6.41 Å². The summed E-state index contributed by atoms with van der Waals surface area (Å²) >= 11 is 0. The number of hydrogen-bond acceptors (Lipinski definition) is 3. The van der Waals surface area contributed by atoms with Gasteiger partial charge < -0.3 is 10.4 Å². The molecule has 0 spiro atoms. The maximum Gasteiger partial charge on any atom is 0.207 e. The lowest BCUT2D eigenvalue weighted by Crippen LogP contribution is -2.27. The first-order chi connectivity index (χ1) is 12.7. The Kier molecular flexibility index (Phi) is 5.29. The molecule has 144 valence electrons. The number of carbonyl (C=O) groups is 1. The van der Waals surface area contributed by atoms with Crippen LogP contribution >= 0.6 is 0 Å². The van der Waals surface area contributed by atoms with Crippen LogP contribution in [0.2, 0.25) is 0 Å². The number of aliphatic hydroxyl groups is 1. The zero-order chi connectivity index (χ0) is 19.8. The first-order valence-corrected chi connectivity index (χ1v) is 9.09. The molecule has 1 heterocycles. The van der Waals surface area contributed by atoms with E-state index in [4.69, 9.17) is 0 Å². The molecule has 1 fully saturated rings. The molecular formula is C21H24F2N2O2. The van der Waals surface area contributed by atoms with Crippen LogP contribution in [0.25, 0.3) is 11.3 Å². The van der Waals surface area contributed by atoms with E-state index < -0.39 is 17.2 Å². The third kappa shape index (κ3) is 4.00. The molecule has 0 aliphatic heterocycles. The van der Waals surface area contributed by atoms with Crippen molar-refractivity contribution in [1.29, 1.82) is 0 Å². The number of nitrogens with one attached hydrogen (secondary N) is 1. The second-order valence-corrected chi connectivity index (χ2v) is 7.70. The van der Waals surface area contributed by atoms with Crippen LogP contribution in [0.1, 0.15) is 49.4 Å². The van der Waals surface area contributed by atoms with Crippen LogP contribution < -0.4 is 5.32 Å². The fraction of sp³-hybridized carbons (Fsp3) is 0.429. The predicted molar refractivity (Wildman–Crippen MR) is 99.1 cm³/mol. The highest BCUT2D eigenvalue weighted by Gasteiger charge is 2.37. The molecule has 0 radical (unpaired) electrons. The van der Waals surface area contributed by atoms with Gasteiger partial charge in [-0.05, 0) is 69.4 Å². The number of rotatable bonds is 7. The lowest BCUT2D eigenvalue weighted by atomic mass is 9.86. The van der Waals surface area contributed by atoms with Gasteiger partial charge in [-0.25, -0.2) is 13.8 Å². The molecule has 0 bridgehead atoms. The molecule has 0 saturated heterocycles. The summed E-state index contributed by atoms with van der Waals surface area (Å²) < 4.78 is 28.6. The van der Waals surface area contributed by atoms with Gasteiger partial charge in [-0.3, -0.25) is 4.79 Å². The van der Waals surface area contributed by atoms with E-state index in [-0.39, 0.29) is 17.2 Å². The van der Waals surface area contributed by atoms with E-state index in [0.29, 0.717) is 35.7 Å². The Morgan fingerprint density at radius 1 is 1.30 bits per heavy atom. The highest BCUT2D eigenvalue weighted by atomic mass is 19.1. The third-order valence-corrected chi connectivity index (χ3v) is 5.11. The number of benzene rings is 1. The summed E-state index contributed by atoms with van der Waals surface area (Å²) in [5.41, 5.74) is 0.569. The average molecular weight is 374 g/mol. The van der Waals surface area contributed by atoms with Gasteiger partial charge in [0.05, 0.1) is 5.60 Å². The minimum atomic E-state index is -1.41. The molecule has 2 N–H and O–H groups in total. The molecule has 1 saturated carbocycles. The summed E-state index contributed by atoms with van der Waals surface area (Å²) in [5, 5.41) is 13.3. The van der Waals surface area contributed by atoms with E-state index >= 15 is 4.39 Å². The number of carbonyl (C=O) groups excluding carboxylic acids is 1. The van der Waals surface area contributed by atoms with Crippen LogP contribution in [-0.4, -0.2) is 23.0 Å². The summed E-state index contributed by atoms with van der Waals surface area (Å²) in [6.07, 6.45) is 2.69. The molecule has 27 heavy (non-hydrogen) atoms. The minimum absolute atomic E-state index is 0.0592. The molecule has 6 heteroatoms. The van der Waals surface area contributed by atoms with Crippen LogP contribution in [0.5, 0.6) is 0 Å². The summed E-state index contributed by atoms with van der Waals surface area (Å²) in [6.45, 7) is 5.23. The summed E-state index contributed by atoms with van der Waals surface area (Å²) in [4.78, 5) is 15.4. The van der Waals surface area contributed by atoms with Crippen LogP contribution in [-0.2, 0) is 10.4 Å². The second-order valence-electron chi connectivity index (χ2n) is 7.70. The fourth-order valence-electron chi connectivity index (χ4n) is 3.71. The van der Waals surface area contributed by atoms with Crippen LogP contribution in [0, 0.1) is 24.5 Å². The van der Waals surface area contributed by atoms with Crippen LogP contribution in [0.3, 0.4) is 0 Å². The molecular weight excluding hydrogens is 350 g/mol. The standard InChI is InChI=1S/C21H24F2N2O2/c1-12-17(21(2,3)27)18(23)20(14-6-8-15(22)9-7-14)25-19(12)16(10-24-11-26)13-4-5-13/h6-9,11,13,16,27H,4-5,10H2,1-3H3,(H,24,26). The van der Waals surface area contributed by atoms with E-state index in [9.17, 15) is 14.3 Å². The van der Waals surface area contributed by atoms with Gasteiger partial charge in [0.25, 0.3) is 0 Å².